The van der Waals surface area contributed by atoms with Gasteiger partial charge < -0.3 is 4.90 Å². The first kappa shape index (κ1) is 10.6. The van der Waals surface area contributed by atoms with Crippen LogP contribution < -0.4 is 0 Å². The average molecular weight is 224 g/mol. The van der Waals surface area contributed by atoms with E-state index in [1.807, 2.05) is 13.8 Å². The molecular formula is C11H16N2OS. The van der Waals surface area contributed by atoms with Crippen molar-refractivity contribution >= 4 is 23.2 Å². The second kappa shape index (κ2) is 3.30. The summed E-state index contributed by atoms with van der Waals surface area (Å²) in [5, 5.41) is 0.644. The summed E-state index contributed by atoms with van der Waals surface area (Å²) in [6.45, 7) is 4.88. The highest BCUT2D eigenvalue weighted by Crippen LogP contribution is 2.38. The van der Waals surface area contributed by atoms with Crippen LogP contribution in [0.1, 0.15) is 26.7 Å². The number of fused-ring (bicyclic) bond motifs is 1. The van der Waals surface area contributed by atoms with Crippen LogP contribution in [0.2, 0.25) is 0 Å². The zero-order chi connectivity index (χ0) is 11.2. The molecule has 0 aromatic rings. The maximum absolute atomic E-state index is 12.1. The molecule has 0 unspecified atom stereocenters. The van der Waals surface area contributed by atoms with Crippen LogP contribution >= 0.6 is 12.2 Å². The van der Waals surface area contributed by atoms with Crippen LogP contribution in [0.15, 0.2) is 11.8 Å². The number of allylic oxidation sites excluding steroid dienone is 1. The number of carbonyl (C=O) groups excluding carboxylic acids is 1. The monoisotopic (exact) mass is 224 g/mol. The van der Waals surface area contributed by atoms with Crippen molar-refractivity contribution in [3.8, 4) is 0 Å². The quantitative estimate of drug-likeness (QED) is 0.586. The van der Waals surface area contributed by atoms with E-state index in [2.05, 4.69) is 11.0 Å². The molecule has 15 heavy (non-hydrogen) atoms. The fourth-order valence-electron chi connectivity index (χ4n) is 2.31. The molecule has 2 aliphatic heterocycles. The first-order valence-electron chi connectivity index (χ1n) is 5.26. The average Bonchev–Trinajstić information content (AvgIpc) is 2.24. The van der Waals surface area contributed by atoms with E-state index in [9.17, 15) is 4.79 Å². The van der Waals surface area contributed by atoms with Gasteiger partial charge in [0.1, 0.15) is 0 Å². The molecule has 0 bridgehead atoms. The van der Waals surface area contributed by atoms with Crippen molar-refractivity contribution in [1.29, 1.82) is 0 Å². The molecule has 1 fully saturated rings. The maximum atomic E-state index is 12.1. The molecule has 0 N–H and O–H groups in total. The van der Waals surface area contributed by atoms with Crippen LogP contribution in [0.5, 0.6) is 0 Å². The van der Waals surface area contributed by atoms with Crippen molar-refractivity contribution in [3.63, 3.8) is 0 Å². The van der Waals surface area contributed by atoms with E-state index < -0.39 is 5.41 Å². The van der Waals surface area contributed by atoms with E-state index >= 15 is 0 Å². The van der Waals surface area contributed by atoms with Gasteiger partial charge in [0.15, 0.2) is 5.11 Å². The van der Waals surface area contributed by atoms with Crippen LogP contribution in [-0.4, -0.2) is 34.4 Å². The summed E-state index contributed by atoms with van der Waals surface area (Å²) >= 11 is 5.30. The molecular weight excluding hydrogens is 208 g/mol. The van der Waals surface area contributed by atoms with Crippen molar-refractivity contribution in [3.05, 3.63) is 11.8 Å². The summed E-state index contributed by atoms with van der Waals surface area (Å²) in [7, 11) is 1.76. The minimum absolute atomic E-state index is 0.0944. The molecule has 1 amide bonds. The number of amides is 1. The standard InChI is InChI=1S/C11H16N2OS/c1-11(2)8-6-4-5-7-13(8)10(15)12(3)9(11)14/h6H,4-5,7H2,1-3H3. The van der Waals surface area contributed by atoms with E-state index in [0.717, 1.165) is 25.1 Å². The predicted molar refractivity (Wildman–Crippen MR) is 63.2 cm³/mol. The highest BCUT2D eigenvalue weighted by atomic mass is 32.1. The van der Waals surface area contributed by atoms with Gasteiger partial charge in [-0.3, -0.25) is 9.69 Å². The van der Waals surface area contributed by atoms with Gasteiger partial charge in [-0.15, -0.1) is 0 Å². The van der Waals surface area contributed by atoms with Crippen molar-refractivity contribution in [2.75, 3.05) is 13.6 Å². The lowest BCUT2D eigenvalue weighted by atomic mass is 9.83. The van der Waals surface area contributed by atoms with Crippen LogP contribution in [0.3, 0.4) is 0 Å². The summed E-state index contributed by atoms with van der Waals surface area (Å²) in [5.74, 6) is 0.0944. The van der Waals surface area contributed by atoms with Gasteiger partial charge in [0, 0.05) is 19.3 Å². The zero-order valence-electron chi connectivity index (χ0n) is 9.41. The Balaban J connectivity index is 2.48. The summed E-state index contributed by atoms with van der Waals surface area (Å²) in [5.41, 5.74) is 0.652. The summed E-state index contributed by atoms with van der Waals surface area (Å²) in [6.07, 6.45) is 4.32. The lowest BCUT2D eigenvalue weighted by Gasteiger charge is -2.47. The van der Waals surface area contributed by atoms with Crippen LogP contribution in [0.4, 0.5) is 0 Å². The second-order valence-corrected chi connectivity index (χ2v) is 5.02. The van der Waals surface area contributed by atoms with E-state index in [-0.39, 0.29) is 5.91 Å². The first-order chi connectivity index (χ1) is 6.96. The van der Waals surface area contributed by atoms with E-state index in [1.165, 1.54) is 0 Å². The molecule has 1 saturated heterocycles. The zero-order valence-corrected chi connectivity index (χ0v) is 10.2. The Morgan fingerprint density at radius 3 is 2.80 bits per heavy atom. The SMILES string of the molecule is CN1C(=O)C(C)(C)C2=CCCCN2C1=S. The normalized spacial score (nSPS) is 25.1. The van der Waals surface area contributed by atoms with Gasteiger partial charge in [-0.2, -0.15) is 0 Å². The van der Waals surface area contributed by atoms with Crippen LogP contribution in [-0.2, 0) is 4.79 Å². The van der Waals surface area contributed by atoms with Gasteiger partial charge in [-0.25, -0.2) is 0 Å². The Morgan fingerprint density at radius 1 is 1.47 bits per heavy atom. The van der Waals surface area contributed by atoms with Crippen LogP contribution in [0.25, 0.3) is 0 Å². The molecule has 3 nitrogen and oxygen atoms in total. The highest BCUT2D eigenvalue weighted by Gasteiger charge is 2.45. The third kappa shape index (κ3) is 1.39. The Labute approximate surface area is 95.7 Å². The molecule has 0 radical (unpaired) electrons. The van der Waals surface area contributed by atoms with Gasteiger partial charge in [-0.05, 0) is 38.9 Å². The molecule has 0 spiro atoms. The Hall–Kier alpha value is -0.900. The molecule has 0 aromatic heterocycles. The van der Waals surface area contributed by atoms with Gasteiger partial charge in [-0.1, -0.05) is 6.08 Å². The smallest absolute Gasteiger partial charge is 0.240 e. The van der Waals surface area contributed by atoms with E-state index in [4.69, 9.17) is 12.2 Å². The first-order valence-corrected chi connectivity index (χ1v) is 5.67. The summed E-state index contributed by atoms with van der Waals surface area (Å²) < 4.78 is 0. The summed E-state index contributed by atoms with van der Waals surface area (Å²) in [4.78, 5) is 15.8. The minimum atomic E-state index is -0.433. The maximum Gasteiger partial charge on any atom is 0.240 e. The largest absolute Gasteiger partial charge is 0.322 e. The predicted octanol–water partition coefficient (Wildman–Crippen LogP) is 1.75. The van der Waals surface area contributed by atoms with Crippen molar-refractivity contribution in [1.82, 2.24) is 9.80 Å². The molecule has 0 atom stereocenters. The molecule has 0 saturated carbocycles. The van der Waals surface area contributed by atoms with E-state index in [1.54, 1.807) is 11.9 Å². The highest BCUT2D eigenvalue weighted by molar-refractivity contribution is 7.80. The fourth-order valence-corrected chi connectivity index (χ4v) is 2.58. The van der Waals surface area contributed by atoms with E-state index in [0.29, 0.717) is 5.11 Å². The molecule has 2 aliphatic rings. The number of carbonyl (C=O) groups is 1. The number of hydrogen-bond donors (Lipinski definition) is 0. The van der Waals surface area contributed by atoms with Crippen molar-refractivity contribution in [2.45, 2.75) is 26.7 Å². The second-order valence-electron chi connectivity index (χ2n) is 4.65. The van der Waals surface area contributed by atoms with Crippen LogP contribution in [0, 0.1) is 5.41 Å². The molecule has 4 heteroatoms. The molecule has 0 aliphatic carbocycles. The third-order valence-electron chi connectivity index (χ3n) is 3.21. The Kier molecular flexibility index (Phi) is 2.34. The fraction of sp³-hybridized carbons (Fsp3) is 0.636. The molecule has 82 valence electrons. The Morgan fingerprint density at radius 2 is 2.13 bits per heavy atom. The van der Waals surface area contributed by atoms with Gasteiger partial charge in [0.25, 0.3) is 0 Å². The lowest BCUT2D eigenvalue weighted by molar-refractivity contribution is -0.136. The number of thiocarbonyl (C=S) groups is 1. The van der Waals surface area contributed by atoms with Crippen molar-refractivity contribution < 1.29 is 4.79 Å². The molecule has 0 aromatic carbocycles. The number of nitrogens with zero attached hydrogens (tertiary/aromatic N) is 2. The topological polar surface area (TPSA) is 23.6 Å². The summed E-state index contributed by atoms with van der Waals surface area (Å²) in [6, 6.07) is 0. The Bertz CT molecular complexity index is 360. The molecule has 2 heterocycles. The molecule has 2 rings (SSSR count). The van der Waals surface area contributed by atoms with Gasteiger partial charge >= 0.3 is 0 Å². The van der Waals surface area contributed by atoms with Gasteiger partial charge in [0.05, 0.1) is 5.41 Å². The number of hydrogen-bond acceptors (Lipinski definition) is 2. The lowest BCUT2D eigenvalue weighted by Crippen LogP contribution is -2.57. The van der Waals surface area contributed by atoms with Gasteiger partial charge in [0.2, 0.25) is 5.91 Å². The van der Waals surface area contributed by atoms with Crippen molar-refractivity contribution in [2.24, 2.45) is 5.41 Å². The third-order valence-corrected chi connectivity index (χ3v) is 3.71. The number of rotatable bonds is 0. The minimum Gasteiger partial charge on any atom is -0.322 e.